The van der Waals surface area contributed by atoms with E-state index in [2.05, 4.69) is 26.2 Å². The largest absolute Gasteiger partial charge is 0.308 e. The van der Waals surface area contributed by atoms with Crippen molar-refractivity contribution in [3.8, 4) is 0 Å². The summed E-state index contributed by atoms with van der Waals surface area (Å²) in [6.45, 7) is 4.74. The highest BCUT2D eigenvalue weighted by atomic mass is 32.1. The van der Waals surface area contributed by atoms with Gasteiger partial charge in [-0.3, -0.25) is 0 Å². The normalized spacial score (nSPS) is 30.8. The standard InChI is InChI=1S/C16H26N2S/c1-11(2)12-7-9-16(17-3,10-8-12)15-18-13-5-4-6-14(13)19-15/h11-12,17H,4-10H2,1-3H3. The highest BCUT2D eigenvalue weighted by molar-refractivity contribution is 7.12. The number of rotatable bonds is 3. The van der Waals surface area contributed by atoms with E-state index in [1.54, 1.807) is 4.88 Å². The van der Waals surface area contributed by atoms with Crippen molar-refractivity contribution in [1.82, 2.24) is 10.3 Å². The number of nitrogens with zero attached hydrogens (tertiary/aromatic N) is 1. The van der Waals surface area contributed by atoms with Gasteiger partial charge in [-0.25, -0.2) is 4.98 Å². The molecule has 0 saturated heterocycles. The van der Waals surface area contributed by atoms with Crippen LogP contribution in [0.4, 0.5) is 0 Å². The van der Waals surface area contributed by atoms with Crippen molar-refractivity contribution < 1.29 is 0 Å². The summed E-state index contributed by atoms with van der Waals surface area (Å²) in [5.74, 6) is 1.74. The van der Waals surface area contributed by atoms with Crippen LogP contribution in [0.1, 0.15) is 61.5 Å². The third kappa shape index (κ3) is 2.36. The number of nitrogens with one attached hydrogen (secondary N) is 1. The molecular weight excluding hydrogens is 252 g/mol. The molecule has 1 heterocycles. The first-order valence-corrected chi connectivity index (χ1v) is 8.64. The molecule has 0 spiro atoms. The van der Waals surface area contributed by atoms with Crippen molar-refractivity contribution in [2.75, 3.05) is 7.05 Å². The number of hydrogen-bond acceptors (Lipinski definition) is 3. The van der Waals surface area contributed by atoms with Gasteiger partial charge < -0.3 is 5.32 Å². The molecule has 1 aromatic rings. The van der Waals surface area contributed by atoms with Gasteiger partial charge >= 0.3 is 0 Å². The summed E-state index contributed by atoms with van der Waals surface area (Å²) in [7, 11) is 2.13. The van der Waals surface area contributed by atoms with Crippen LogP contribution in [0.5, 0.6) is 0 Å². The van der Waals surface area contributed by atoms with Crippen LogP contribution in [0.3, 0.4) is 0 Å². The smallest absolute Gasteiger partial charge is 0.113 e. The fraction of sp³-hybridized carbons (Fsp3) is 0.812. The van der Waals surface area contributed by atoms with E-state index in [9.17, 15) is 0 Å². The Hall–Kier alpha value is -0.410. The second kappa shape index (κ2) is 5.17. The van der Waals surface area contributed by atoms with Crippen LogP contribution in [-0.2, 0) is 18.4 Å². The predicted molar refractivity (Wildman–Crippen MR) is 81.7 cm³/mol. The average Bonchev–Trinajstić information content (AvgIpc) is 2.99. The zero-order valence-electron chi connectivity index (χ0n) is 12.5. The number of thiazole rings is 1. The van der Waals surface area contributed by atoms with E-state index in [0.29, 0.717) is 0 Å². The lowest BCUT2D eigenvalue weighted by Gasteiger charge is -2.40. The Bertz CT molecular complexity index is 420. The zero-order valence-corrected chi connectivity index (χ0v) is 13.3. The summed E-state index contributed by atoms with van der Waals surface area (Å²) >= 11 is 1.99. The second-order valence-electron chi connectivity index (χ2n) is 6.66. The van der Waals surface area contributed by atoms with Gasteiger partial charge in [0.15, 0.2) is 0 Å². The number of aryl methyl sites for hydroxylation is 2. The lowest BCUT2D eigenvalue weighted by Crippen LogP contribution is -2.43. The second-order valence-corrected chi connectivity index (χ2v) is 7.74. The highest BCUT2D eigenvalue weighted by Crippen LogP contribution is 2.44. The summed E-state index contributed by atoms with van der Waals surface area (Å²) in [6.07, 6.45) is 9.01. The quantitative estimate of drug-likeness (QED) is 0.907. The van der Waals surface area contributed by atoms with Crippen LogP contribution in [0.15, 0.2) is 0 Å². The summed E-state index contributed by atoms with van der Waals surface area (Å²) < 4.78 is 0. The Morgan fingerprint density at radius 1 is 1.26 bits per heavy atom. The number of hydrogen-bond donors (Lipinski definition) is 1. The van der Waals surface area contributed by atoms with E-state index in [1.165, 1.54) is 55.6 Å². The van der Waals surface area contributed by atoms with Gasteiger partial charge in [0.1, 0.15) is 5.01 Å². The van der Waals surface area contributed by atoms with Crippen molar-refractivity contribution >= 4 is 11.3 Å². The fourth-order valence-electron chi connectivity index (χ4n) is 3.77. The third-order valence-electron chi connectivity index (χ3n) is 5.31. The lowest BCUT2D eigenvalue weighted by molar-refractivity contribution is 0.168. The maximum Gasteiger partial charge on any atom is 0.113 e. The van der Waals surface area contributed by atoms with Gasteiger partial charge in [-0.2, -0.15) is 0 Å². The van der Waals surface area contributed by atoms with Gasteiger partial charge in [0.2, 0.25) is 0 Å². The van der Waals surface area contributed by atoms with Gasteiger partial charge in [0.05, 0.1) is 11.2 Å². The van der Waals surface area contributed by atoms with Crippen molar-refractivity contribution in [2.45, 2.75) is 64.3 Å². The van der Waals surface area contributed by atoms with Gasteiger partial charge in [0.25, 0.3) is 0 Å². The molecule has 3 rings (SSSR count). The monoisotopic (exact) mass is 278 g/mol. The van der Waals surface area contributed by atoms with E-state index < -0.39 is 0 Å². The van der Waals surface area contributed by atoms with Crippen molar-refractivity contribution in [1.29, 1.82) is 0 Å². The molecule has 0 atom stereocenters. The van der Waals surface area contributed by atoms with Crippen LogP contribution in [0.25, 0.3) is 0 Å². The Morgan fingerprint density at radius 2 is 2.00 bits per heavy atom. The van der Waals surface area contributed by atoms with Gasteiger partial charge in [-0.1, -0.05) is 13.8 Å². The van der Waals surface area contributed by atoms with Crippen molar-refractivity contribution in [3.63, 3.8) is 0 Å². The summed E-state index contributed by atoms with van der Waals surface area (Å²) in [5, 5.41) is 5.01. The molecule has 2 aliphatic carbocycles. The van der Waals surface area contributed by atoms with Crippen molar-refractivity contribution in [3.05, 3.63) is 15.6 Å². The van der Waals surface area contributed by atoms with Crippen LogP contribution < -0.4 is 5.32 Å². The molecule has 0 unspecified atom stereocenters. The van der Waals surface area contributed by atoms with E-state index in [1.807, 2.05) is 11.3 Å². The zero-order chi connectivity index (χ0) is 13.5. The molecule has 1 saturated carbocycles. The first-order valence-electron chi connectivity index (χ1n) is 7.82. The lowest BCUT2D eigenvalue weighted by atomic mass is 9.73. The van der Waals surface area contributed by atoms with Gasteiger partial charge in [-0.05, 0) is 63.8 Å². The molecule has 1 fully saturated rings. The maximum absolute atomic E-state index is 4.98. The Balaban J connectivity index is 1.80. The molecule has 0 aromatic carbocycles. The van der Waals surface area contributed by atoms with Crippen LogP contribution in [0.2, 0.25) is 0 Å². The molecule has 0 bridgehead atoms. The number of aromatic nitrogens is 1. The minimum atomic E-state index is 0.181. The van der Waals surface area contributed by atoms with E-state index >= 15 is 0 Å². The molecule has 2 aliphatic rings. The van der Waals surface area contributed by atoms with Crippen LogP contribution in [-0.4, -0.2) is 12.0 Å². The maximum atomic E-state index is 4.98. The minimum absolute atomic E-state index is 0.181. The first kappa shape index (κ1) is 13.6. The minimum Gasteiger partial charge on any atom is -0.308 e. The topological polar surface area (TPSA) is 24.9 Å². The van der Waals surface area contributed by atoms with Gasteiger partial charge in [-0.15, -0.1) is 11.3 Å². The summed E-state index contributed by atoms with van der Waals surface area (Å²) in [4.78, 5) is 6.55. The SMILES string of the molecule is CNC1(c2nc3c(s2)CCC3)CCC(C(C)C)CC1. The molecule has 0 amide bonds. The Morgan fingerprint density at radius 3 is 2.58 bits per heavy atom. The molecule has 0 radical (unpaired) electrons. The molecule has 0 aliphatic heterocycles. The van der Waals surface area contributed by atoms with Crippen molar-refractivity contribution in [2.24, 2.45) is 11.8 Å². The summed E-state index contributed by atoms with van der Waals surface area (Å²) in [6, 6.07) is 0. The van der Waals surface area contributed by atoms with E-state index in [4.69, 9.17) is 4.98 Å². The van der Waals surface area contributed by atoms with E-state index in [0.717, 1.165) is 11.8 Å². The predicted octanol–water partition coefficient (Wildman–Crippen LogP) is 3.89. The Kier molecular flexibility index (Phi) is 3.69. The molecule has 106 valence electrons. The fourth-order valence-corrected chi connectivity index (χ4v) is 5.17. The van der Waals surface area contributed by atoms with Crippen LogP contribution in [0, 0.1) is 11.8 Å². The average molecular weight is 278 g/mol. The van der Waals surface area contributed by atoms with Crippen LogP contribution >= 0.6 is 11.3 Å². The molecular formula is C16H26N2S. The molecule has 19 heavy (non-hydrogen) atoms. The molecule has 1 N–H and O–H groups in total. The number of fused-ring (bicyclic) bond motifs is 1. The third-order valence-corrected chi connectivity index (χ3v) is 6.67. The highest BCUT2D eigenvalue weighted by Gasteiger charge is 2.39. The summed E-state index contributed by atoms with van der Waals surface area (Å²) in [5.41, 5.74) is 1.58. The van der Waals surface area contributed by atoms with Gasteiger partial charge in [0, 0.05) is 4.88 Å². The molecule has 3 heteroatoms. The first-order chi connectivity index (χ1) is 9.14. The molecule has 2 nitrogen and oxygen atoms in total. The molecule has 1 aromatic heterocycles. The van der Waals surface area contributed by atoms with E-state index in [-0.39, 0.29) is 5.54 Å². The Labute approximate surface area is 121 Å².